The molecule has 7 heteroatoms. The lowest BCUT2D eigenvalue weighted by atomic mass is 10.1. The van der Waals surface area contributed by atoms with Crippen molar-refractivity contribution >= 4 is 23.3 Å². The first-order chi connectivity index (χ1) is 12.6. The smallest absolute Gasteiger partial charge is 0.229 e. The van der Waals surface area contributed by atoms with Crippen molar-refractivity contribution in [2.24, 2.45) is 0 Å². The van der Waals surface area contributed by atoms with E-state index in [2.05, 4.69) is 15.7 Å². The number of halogens is 2. The minimum atomic E-state index is -0.320. The van der Waals surface area contributed by atoms with E-state index in [9.17, 15) is 9.18 Å². The summed E-state index contributed by atoms with van der Waals surface area (Å²) in [4.78, 5) is 12.5. The second-order valence-corrected chi connectivity index (χ2v) is 6.55. The third-order valence-electron chi connectivity index (χ3n) is 4.27. The first kappa shape index (κ1) is 16.8. The molecular formula is C19H16ClFN4O. The van der Waals surface area contributed by atoms with E-state index in [1.165, 1.54) is 12.1 Å². The molecule has 1 aliphatic heterocycles. The van der Waals surface area contributed by atoms with Gasteiger partial charge in [-0.1, -0.05) is 23.7 Å². The Labute approximate surface area is 154 Å². The Morgan fingerprint density at radius 1 is 1.15 bits per heavy atom. The molecule has 1 amide bonds. The summed E-state index contributed by atoms with van der Waals surface area (Å²) in [5.74, 6) is 0.153. The van der Waals surface area contributed by atoms with Crippen molar-refractivity contribution in [3.63, 3.8) is 0 Å². The van der Waals surface area contributed by atoms with Gasteiger partial charge < -0.3 is 10.6 Å². The Morgan fingerprint density at radius 2 is 1.88 bits per heavy atom. The van der Waals surface area contributed by atoms with Crippen LogP contribution in [-0.4, -0.2) is 15.7 Å². The number of anilines is 1. The molecule has 2 heterocycles. The van der Waals surface area contributed by atoms with Crippen LogP contribution in [0.1, 0.15) is 16.8 Å². The summed E-state index contributed by atoms with van der Waals surface area (Å²) in [6.07, 6.45) is 0.161. The van der Waals surface area contributed by atoms with Gasteiger partial charge in [-0.25, -0.2) is 9.07 Å². The highest BCUT2D eigenvalue weighted by Gasteiger charge is 2.24. The fourth-order valence-electron chi connectivity index (χ4n) is 2.99. The zero-order valence-corrected chi connectivity index (χ0v) is 14.6. The number of rotatable bonds is 4. The number of amides is 1. The molecule has 2 aromatic carbocycles. The summed E-state index contributed by atoms with van der Waals surface area (Å²) in [7, 11) is 0. The Hall–Kier alpha value is -2.70. The largest absolute Gasteiger partial charge is 0.310 e. The molecule has 1 aliphatic rings. The molecule has 5 nitrogen and oxygen atoms in total. The summed E-state index contributed by atoms with van der Waals surface area (Å²) in [6.45, 7) is 1.31. The second-order valence-electron chi connectivity index (χ2n) is 6.12. The van der Waals surface area contributed by atoms with E-state index in [4.69, 9.17) is 11.6 Å². The number of aromatic nitrogens is 2. The monoisotopic (exact) mass is 370 g/mol. The maximum absolute atomic E-state index is 13.0. The molecule has 0 aliphatic carbocycles. The van der Waals surface area contributed by atoms with Gasteiger partial charge in [-0.05, 0) is 42.0 Å². The SMILES string of the molecule is O=C(Cc1ccc(F)cc1)Nc1c2c(nn1-c1ccc(Cl)cc1)CNC2. The molecule has 0 saturated heterocycles. The van der Waals surface area contributed by atoms with Crippen LogP contribution in [-0.2, 0) is 24.3 Å². The van der Waals surface area contributed by atoms with Gasteiger partial charge in [0.05, 0.1) is 17.8 Å². The van der Waals surface area contributed by atoms with Crippen molar-refractivity contribution in [1.29, 1.82) is 0 Å². The molecule has 0 spiro atoms. The lowest BCUT2D eigenvalue weighted by Gasteiger charge is -2.11. The Bertz CT molecular complexity index is 951. The zero-order chi connectivity index (χ0) is 18.1. The van der Waals surface area contributed by atoms with Gasteiger partial charge in [0.25, 0.3) is 0 Å². The first-order valence-electron chi connectivity index (χ1n) is 8.22. The zero-order valence-electron chi connectivity index (χ0n) is 13.8. The highest BCUT2D eigenvalue weighted by Crippen LogP contribution is 2.28. The van der Waals surface area contributed by atoms with E-state index < -0.39 is 0 Å². The number of fused-ring (bicyclic) bond motifs is 1. The van der Waals surface area contributed by atoms with Crippen LogP contribution in [0.5, 0.6) is 0 Å². The quantitative estimate of drug-likeness (QED) is 0.739. The molecule has 3 aromatic rings. The van der Waals surface area contributed by atoms with Crippen LogP contribution < -0.4 is 10.6 Å². The predicted octanol–water partition coefficient (Wildman–Crippen LogP) is 3.45. The van der Waals surface area contributed by atoms with Gasteiger partial charge >= 0.3 is 0 Å². The summed E-state index contributed by atoms with van der Waals surface area (Å²) < 4.78 is 14.7. The minimum Gasteiger partial charge on any atom is -0.310 e. The van der Waals surface area contributed by atoms with E-state index in [0.717, 1.165) is 22.5 Å². The summed E-state index contributed by atoms with van der Waals surface area (Å²) >= 11 is 5.96. The van der Waals surface area contributed by atoms with Crippen LogP contribution in [0.3, 0.4) is 0 Å². The number of carbonyl (C=O) groups is 1. The van der Waals surface area contributed by atoms with E-state index in [1.807, 2.05) is 12.1 Å². The lowest BCUT2D eigenvalue weighted by molar-refractivity contribution is -0.115. The van der Waals surface area contributed by atoms with Crippen molar-refractivity contribution in [3.8, 4) is 5.69 Å². The predicted molar refractivity (Wildman–Crippen MR) is 97.9 cm³/mol. The maximum Gasteiger partial charge on any atom is 0.229 e. The molecule has 1 aromatic heterocycles. The van der Waals surface area contributed by atoms with Crippen molar-refractivity contribution < 1.29 is 9.18 Å². The number of benzene rings is 2. The molecule has 132 valence electrons. The molecule has 0 radical (unpaired) electrons. The minimum absolute atomic E-state index is 0.161. The third-order valence-corrected chi connectivity index (χ3v) is 4.52. The number of carbonyl (C=O) groups excluding carboxylic acids is 1. The van der Waals surface area contributed by atoms with Crippen LogP contribution in [0.4, 0.5) is 10.2 Å². The van der Waals surface area contributed by atoms with Crippen LogP contribution in [0, 0.1) is 5.82 Å². The first-order valence-corrected chi connectivity index (χ1v) is 8.59. The summed E-state index contributed by atoms with van der Waals surface area (Å²) in [5, 5.41) is 11.4. The van der Waals surface area contributed by atoms with Crippen LogP contribution in [0.2, 0.25) is 5.02 Å². The number of nitrogens with zero attached hydrogens (tertiary/aromatic N) is 2. The molecule has 0 atom stereocenters. The normalized spacial score (nSPS) is 12.8. The Balaban J connectivity index is 1.61. The van der Waals surface area contributed by atoms with Crippen LogP contribution in [0.25, 0.3) is 5.69 Å². The fraction of sp³-hybridized carbons (Fsp3) is 0.158. The lowest BCUT2D eigenvalue weighted by Crippen LogP contribution is -2.19. The average molecular weight is 371 g/mol. The molecule has 4 rings (SSSR count). The van der Waals surface area contributed by atoms with Gasteiger partial charge in [-0.3, -0.25) is 4.79 Å². The Kier molecular flexibility index (Phi) is 4.44. The van der Waals surface area contributed by atoms with Crippen molar-refractivity contribution in [3.05, 3.63) is 76.2 Å². The highest BCUT2D eigenvalue weighted by molar-refractivity contribution is 6.30. The van der Waals surface area contributed by atoms with Gasteiger partial charge in [0, 0.05) is 23.7 Å². The highest BCUT2D eigenvalue weighted by atomic mass is 35.5. The van der Waals surface area contributed by atoms with Gasteiger partial charge in [-0.15, -0.1) is 0 Å². The average Bonchev–Trinajstić information content (AvgIpc) is 3.21. The number of nitrogens with one attached hydrogen (secondary N) is 2. The van der Waals surface area contributed by atoms with E-state index in [0.29, 0.717) is 23.9 Å². The molecule has 26 heavy (non-hydrogen) atoms. The van der Waals surface area contributed by atoms with Crippen molar-refractivity contribution in [1.82, 2.24) is 15.1 Å². The molecular weight excluding hydrogens is 355 g/mol. The number of hydrogen-bond acceptors (Lipinski definition) is 3. The van der Waals surface area contributed by atoms with Crippen molar-refractivity contribution in [2.75, 3.05) is 5.32 Å². The second kappa shape index (κ2) is 6.90. The van der Waals surface area contributed by atoms with E-state index >= 15 is 0 Å². The third kappa shape index (κ3) is 3.34. The number of hydrogen-bond donors (Lipinski definition) is 2. The maximum atomic E-state index is 13.0. The molecule has 0 unspecified atom stereocenters. The van der Waals surface area contributed by atoms with Crippen LogP contribution in [0.15, 0.2) is 48.5 Å². The van der Waals surface area contributed by atoms with Gasteiger partial charge in [0.15, 0.2) is 0 Å². The molecule has 2 N–H and O–H groups in total. The molecule has 0 bridgehead atoms. The van der Waals surface area contributed by atoms with E-state index in [1.54, 1.807) is 28.9 Å². The molecule has 0 fully saturated rings. The summed E-state index contributed by atoms with van der Waals surface area (Å²) in [6, 6.07) is 13.2. The van der Waals surface area contributed by atoms with Crippen LogP contribution >= 0.6 is 11.6 Å². The topological polar surface area (TPSA) is 59.0 Å². The standard InChI is InChI=1S/C19H16ClFN4O/c20-13-3-7-15(8-4-13)25-19(16-10-22-11-17(16)24-25)23-18(26)9-12-1-5-14(21)6-2-12/h1-8,22H,9-11H2,(H,23,26). The van der Waals surface area contributed by atoms with Gasteiger partial charge in [-0.2, -0.15) is 5.10 Å². The van der Waals surface area contributed by atoms with E-state index in [-0.39, 0.29) is 18.1 Å². The molecule has 0 saturated carbocycles. The summed E-state index contributed by atoms with van der Waals surface area (Å²) in [5.41, 5.74) is 3.46. The fourth-order valence-corrected chi connectivity index (χ4v) is 3.12. The van der Waals surface area contributed by atoms with Gasteiger partial charge in [0.2, 0.25) is 5.91 Å². The van der Waals surface area contributed by atoms with Gasteiger partial charge in [0.1, 0.15) is 11.6 Å². The van der Waals surface area contributed by atoms with Crippen molar-refractivity contribution in [2.45, 2.75) is 19.5 Å². The Morgan fingerprint density at radius 3 is 2.62 bits per heavy atom.